The minimum atomic E-state index is -4.72. The molecule has 0 radical (unpaired) electrons. The van der Waals surface area contributed by atoms with Crippen LogP contribution in [-0.4, -0.2) is 36.3 Å². The first-order valence-corrected chi connectivity index (χ1v) is 11.1. The third-order valence-corrected chi connectivity index (χ3v) is 6.25. The molecule has 4 heterocycles. The maximum atomic E-state index is 13.6. The molecule has 0 saturated heterocycles. The van der Waals surface area contributed by atoms with Gasteiger partial charge in [-0.25, -0.2) is 18.7 Å². The summed E-state index contributed by atoms with van der Waals surface area (Å²) in [5, 5.41) is 12.8. The fourth-order valence-electron chi connectivity index (χ4n) is 4.11. The van der Waals surface area contributed by atoms with E-state index in [1.165, 1.54) is 22.9 Å². The average Bonchev–Trinajstić information content (AvgIpc) is 3.24. The Hall–Kier alpha value is -3.67. The van der Waals surface area contributed by atoms with Gasteiger partial charge in [0.2, 0.25) is 5.91 Å². The summed E-state index contributed by atoms with van der Waals surface area (Å²) in [4.78, 5) is 24.3. The molecule has 1 saturated carbocycles. The number of fused-ring (bicyclic) bond motifs is 3. The molecule has 0 spiro atoms. The summed E-state index contributed by atoms with van der Waals surface area (Å²) in [7, 11) is 0. The number of rotatable bonds is 5. The SMILES string of the molecule is CC[C@H](O)c1cc(C)c(-c2cc3cnc(NC(=O)C4CC4(F)F)cc3n3cc(C(F)(F)F)nc23)cn1. The van der Waals surface area contributed by atoms with Crippen LogP contribution in [0.4, 0.5) is 27.8 Å². The first-order chi connectivity index (χ1) is 16.9. The molecule has 0 bridgehead atoms. The van der Waals surface area contributed by atoms with Crippen molar-refractivity contribution < 1.29 is 31.9 Å². The Bertz CT molecular complexity index is 1510. The largest absolute Gasteiger partial charge is 0.434 e. The Kier molecular flexibility index (Phi) is 5.47. The number of imidazole rings is 1. The lowest BCUT2D eigenvalue weighted by Crippen LogP contribution is -2.18. The number of aliphatic hydroxyl groups excluding tert-OH is 1. The van der Waals surface area contributed by atoms with Gasteiger partial charge in [-0.1, -0.05) is 6.92 Å². The van der Waals surface area contributed by atoms with Crippen LogP contribution in [0.2, 0.25) is 0 Å². The van der Waals surface area contributed by atoms with Gasteiger partial charge >= 0.3 is 6.18 Å². The molecule has 1 amide bonds. The third kappa shape index (κ3) is 4.15. The molecule has 5 rings (SSSR count). The Morgan fingerprint density at radius 2 is 1.94 bits per heavy atom. The van der Waals surface area contributed by atoms with Gasteiger partial charge in [0.15, 0.2) is 5.69 Å². The molecule has 36 heavy (non-hydrogen) atoms. The zero-order chi connectivity index (χ0) is 26.0. The summed E-state index contributed by atoms with van der Waals surface area (Å²) in [6.07, 6.45) is -1.96. The van der Waals surface area contributed by atoms with Crippen LogP contribution in [0.3, 0.4) is 0 Å². The molecule has 1 fully saturated rings. The number of pyridine rings is 3. The first-order valence-electron chi connectivity index (χ1n) is 11.1. The molecule has 0 aliphatic heterocycles. The van der Waals surface area contributed by atoms with Crippen molar-refractivity contribution in [2.24, 2.45) is 5.92 Å². The highest BCUT2D eigenvalue weighted by atomic mass is 19.4. The highest BCUT2D eigenvalue weighted by molar-refractivity contribution is 5.97. The van der Waals surface area contributed by atoms with Gasteiger partial charge in [0, 0.05) is 47.6 Å². The Morgan fingerprint density at radius 1 is 1.22 bits per heavy atom. The molecule has 1 aliphatic rings. The van der Waals surface area contributed by atoms with Gasteiger partial charge in [-0.15, -0.1) is 0 Å². The van der Waals surface area contributed by atoms with Crippen molar-refractivity contribution in [2.45, 2.75) is 44.9 Å². The molecule has 1 unspecified atom stereocenters. The van der Waals surface area contributed by atoms with E-state index in [4.69, 9.17) is 0 Å². The number of hydrogen-bond acceptors (Lipinski definition) is 5. The van der Waals surface area contributed by atoms with Crippen molar-refractivity contribution in [3.8, 4) is 11.1 Å². The van der Waals surface area contributed by atoms with Crippen LogP contribution in [0.1, 0.15) is 42.8 Å². The second-order valence-corrected chi connectivity index (χ2v) is 8.86. The Balaban J connectivity index is 1.66. The number of alkyl halides is 5. The second kappa shape index (κ2) is 8.19. The maximum absolute atomic E-state index is 13.6. The van der Waals surface area contributed by atoms with E-state index in [1.54, 1.807) is 26.0 Å². The van der Waals surface area contributed by atoms with Crippen molar-refractivity contribution in [3.63, 3.8) is 0 Å². The minimum absolute atomic E-state index is 0.0132. The van der Waals surface area contributed by atoms with Crippen LogP contribution in [0.25, 0.3) is 27.7 Å². The van der Waals surface area contributed by atoms with Crippen molar-refractivity contribution in [3.05, 3.63) is 53.7 Å². The molecule has 4 aromatic heterocycles. The van der Waals surface area contributed by atoms with E-state index in [0.717, 1.165) is 6.20 Å². The average molecular weight is 505 g/mol. The number of amides is 1. The van der Waals surface area contributed by atoms with Crippen molar-refractivity contribution in [1.29, 1.82) is 0 Å². The number of nitrogens with zero attached hydrogens (tertiary/aromatic N) is 4. The van der Waals surface area contributed by atoms with Gasteiger partial charge in [0.1, 0.15) is 17.4 Å². The van der Waals surface area contributed by atoms with Crippen LogP contribution in [0, 0.1) is 12.8 Å². The number of nitrogens with one attached hydrogen (secondary N) is 1. The summed E-state index contributed by atoms with van der Waals surface area (Å²) in [6.45, 7) is 3.55. The van der Waals surface area contributed by atoms with Crippen LogP contribution >= 0.6 is 0 Å². The van der Waals surface area contributed by atoms with E-state index in [2.05, 4.69) is 20.3 Å². The lowest BCUT2D eigenvalue weighted by atomic mass is 10.0. The van der Waals surface area contributed by atoms with E-state index >= 15 is 0 Å². The molecule has 2 atom stereocenters. The van der Waals surface area contributed by atoms with Crippen molar-refractivity contribution in [1.82, 2.24) is 19.4 Å². The summed E-state index contributed by atoms with van der Waals surface area (Å²) < 4.78 is 68.4. The number of aromatic nitrogens is 4. The normalized spacial score (nSPS) is 17.9. The van der Waals surface area contributed by atoms with E-state index in [0.29, 0.717) is 34.2 Å². The predicted octanol–water partition coefficient (Wildman–Crippen LogP) is 5.31. The minimum Gasteiger partial charge on any atom is -0.387 e. The van der Waals surface area contributed by atoms with Crippen LogP contribution in [0.15, 0.2) is 36.8 Å². The number of aryl methyl sites for hydroxylation is 1. The molecule has 188 valence electrons. The van der Waals surface area contributed by atoms with Gasteiger partial charge in [-0.3, -0.25) is 14.2 Å². The van der Waals surface area contributed by atoms with Gasteiger partial charge < -0.3 is 10.4 Å². The molecular weight excluding hydrogens is 485 g/mol. The van der Waals surface area contributed by atoms with Gasteiger partial charge in [0.25, 0.3) is 5.92 Å². The fraction of sp³-hybridized carbons (Fsp3) is 0.333. The van der Waals surface area contributed by atoms with E-state index < -0.39 is 42.1 Å². The molecular formula is C24H20F5N5O2. The fourth-order valence-corrected chi connectivity index (χ4v) is 4.11. The second-order valence-electron chi connectivity index (χ2n) is 8.86. The number of carbonyl (C=O) groups is 1. The molecule has 2 N–H and O–H groups in total. The lowest BCUT2D eigenvalue weighted by Gasteiger charge is -2.14. The van der Waals surface area contributed by atoms with Gasteiger partial charge in [0.05, 0.1) is 17.3 Å². The van der Waals surface area contributed by atoms with Gasteiger partial charge in [-0.2, -0.15) is 13.2 Å². The summed E-state index contributed by atoms with van der Waals surface area (Å²) >= 11 is 0. The standard InChI is InChI=1S/C24H20F5N5O2/c1-3-18(35)16-4-11(2)14(9-30-16)13-5-12-8-31-20(33-22(36)15-7-23(15,25)26)6-17(12)34-10-19(24(27,28)29)32-21(13)34/h4-6,8-10,15,18,35H,3,7H2,1-2H3,(H,31,33,36)/t15?,18-/m0/s1. The van der Waals surface area contributed by atoms with Crippen LogP contribution in [-0.2, 0) is 11.0 Å². The third-order valence-electron chi connectivity index (χ3n) is 6.25. The van der Waals surface area contributed by atoms with Crippen LogP contribution < -0.4 is 5.32 Å². The Morgan fingerprint density at radius 3 is 2.56 bits per heavy atom. The monoisotopic (exact) mass is 505 g/mol. The quantitative estimate of drug-likeness (QED) is 0.359. The number of carbonyl (C=O) groups excluding carboxylic acids is 1. The predicted molar refractivity (Wildman–Crippen MR) is 120 cm³/mol. The highest BCUT2D eigenvalue weighted by Gasteiger charge is 2.61. The number of halogens is 5. The topological polar surface area (TPSA) is 92.4 Å². The first kappa shape index (κ1) is 24.0. The molecule has 7 nitrogen and oxygen atoms in total. The number of anilines is 1. The summed E-state index contributed by atoms with van der Waals surface area (Å²) in [6, 6.07) is 4.59. The molecule has 0 aromatic carbocycles. The number of aliphatic hydroxyl groups is 1. The summed E-state index contributed by atoms with van der Waals surface area (Å²) in [5.41, 5.74) is 1.10. The molecule has 4 aromatic rings. The Labute approximate surface area is 201 Å². The van der Waals surface area contributed by atoms with E-state index in [-0.39, 0.29) is 17.0 Å². The van der Waals surface area contributed by atoms with E-state index in [9.17, 15) is 31.9 Å². The molecule has 12 heteroatoms. The maximum Gasteiger partial charge on any atom is 0.434 e. The zero-order valence-corrected chi connectivity index (χ0v) is 19.1. The van der Waals surface area contributed by atoms with Crippen molar-refractivity contribution >= 4 is 28.3 Å². The van der Waals surface area contributed by atoms with Crippen molar-refractivity contribution in [2.75, 3.05) is 5.32 Å². The summed E-state index contributed by atoms with van der Waals surface area (Å²) in [5.74, 6) is -5.49. The van der Waals surface area contributed by atoms with Gasteiger partial charge in [-0.05, 0) is 31.0 Å². The van der Waals surface area contributed by atoms with E-state index in [1.807, 2.05) is 0 Å². The van der Waals surface area contributed by atoms with Crippen LogP contribution in [0.5, 0.6) is 0 Å². The molecule has 1 aliphatic carbocycles. The highest BCUT2D eigenvalue weighted by Crippen LogP contribution is 2.49. The zero-order valence-electron chi connectivity index (χ0n) is 19.1. The smallest absolute Gasteiger partial charge is 0.387 e. The lowest BCUT2D eigenvalue weighted by molar-refractivity contribution is -0.140. The number of hydrogen-bond donors (Lipinski definition) is 2.